The van der Waals surface area contributed by atoms with Gasteiger partial charge in [-0.2, -0.15) is 0 Å². The largest absolute Gasteiger partial charge is 0.494 e. The quantitative estimate of drug-likeness (QED) is 0.730. The van der Waals surface area contributed by atoms with Gasteiger partial charge in [-0.05, 0) is 75.6 Å². The number of nitrogens with zero attached hydrogens (tertiary/aromatic N) is 1. The summed E-state index contributed by atoms with van der Waals surface area (Å²) < 4.78 is 5.43. The van der Waals surface area contributed by atoms with Crippen molar-refractivity contribution >= 4 is 17.6 Å². The number of hydrogen-bond acceptors (Lipinski definition) is 3. The number of likely N-dealkylation sites (tertiary alicyclic amines) is 1. The van der Waals surface area contributed by atoms with Crippen molar-refractivity contribution in [3.63, 3.8) is 0 Å². The molecule has 1 atom stereocenters. The van der Waals surface area contributed by atoms with Crippen LogP contribution in [-0.4, -0.2) is 42.6 Å². The Balaban J connectivity index is 1.66. The Morgan fingerprint density at radius 1 is 1.17 bits per heavy atom. The fraction of sp³-hybridized carbons (Fsp3) is 0.417. The number of carbonyl (C=O) groups excluding carboxylic acids is 2. The van der Waals surface area contributed by atoms with Crippen LogP contribution in [0.4, 0.5) is 10.5 Å². The summed E-state index contributed by atoms with van der Waals surface area (Å²) in [6.07, 6.45) is 1.97. The molecule has 2 aromatic carbocycles. The molecule has 0 saturated carbocycles. The molecule has 0 unspecified atom stereocenters. The van der Waals surface area contributed by atoms with Crippen LogP contribution in [0.2, 0.25) is 0 Å². The molecule has 0 bridgehead atoms. The third-order valence-corrected chi connectivity index (χ3v) is 5.16. The summed E-state index contributed by atoms with van der Waals surface area (Å²) in [5.74, 6) is 0.863. The first kappa shape index (κ1) is 21.7. The molecule has 0 spiro atoms. The van der Waals surface area contributed by atoms with Crippen LogP contribution in [-0.2, 0) is 0 Å². The standard InChI is InChI=1S/C24H31N3O3/c1-4-30-22-12-10-21(11-13-22)26-23(28)19-8-5-7-18(15-19)20-9-6-14-27(16-20)24(29)25-17(2)3/h5,7-8,10-13,15,17,20H,4,6,9,14,16H2,1-3H3,(H,25,29)(H,26,28)/t20-/m1/s1. The smallest absolute Gasteiger partial charge is 0.317 e. The van der Waals surface area contributed by atoms with Gasteiger partial charge in [-0.1, -0.05) is 12.1 Å². The van der Waals surface area contributed by atoms with Crippen LogP contribution in [0.3, 0.4) is 0 Å². The third kappa shape index (κ3) is 5.75. The van der Waals surface area contributed by atoms with Gasteiger partial charge in [-0.15, -0.1) is 0 Å². The van der Waals surface area contributed by atoms with Crippen LogP contribution in [0.1, 0.15) is 55.5 Å². The third-order valence-electron chi connectivity index (χ3n) is 5.16. The molecule has 1 aliphatic rings. The average Bonchev–Trinajstić information content (AvgIpc) is 2.75. The zero-order valence-electron chi connectivity index (χ0n) is 18.0. The summed E-state index contributed by atoms with van der Waals surface area (Å²) in [6, 6.07) is 15.2. The zero-order chi connectivity index (χ0) is 21.5. The van der Waals surface area contributed by atoms with Crippen molar-refractivity contribution in [2.75, 3.05) is 25.0 Å². The lowest BCUT2D eigenvalue weighted by atomic mass is 9.89. The molecular formula is C24H31N3O3. The summed E-state index contributed by atoms with van der Waals surface area (Å²) in [4.78, 5) is 27.0. The van der Waals surface area contributed by atoms with E-state index >= 15 is 0 Å². The zero-order valence-corrected chi connectivity index (χ0v) is 18.0. The Morgan fingerprint density at radius 2 is 1.93 bits per heavy atom. The molecule has 3 amide bonds. The monoisotopic (exact) mass is 409 g/mol. The van der Waals surface area contributed by atoms with Gasteiger partial charge in [-0.3, -0.25) is 4.79 Å². The first-order valence-electron chi connectivity index (χ1n) is 10.7. The molecule has 6 heteroatoms. The van der Waals surface area contributed by atoms with Crippen molar-refractivity contribution in [2.24, 2.45) is 0 Å². The van der Waals surface area contributed by atoms with Gasteiger partial charge in [0.05, 0.1) is 6.61 Å². The number of piperidine rings is 1. The van der Waals surface area contributed by atoms with E-state index in [1.54, 1.807) is 0 Å². The van der Waals surface area contributed by atoms with Crippen LogP contribution in [0, 0.1) is 0 Å². The number of rotatable bonds is 6. The topological polar surface area (TPSA) is 70.7 Å². The summed E-state index contributed by atoms with van der Waals surface area (Å²) in [5, 5.41) is 5.90. The molecule has 0 aliphatic carbocycles. The maximum absolute atomic E-state index is 12.7. The Hall–Kier alpha value is -3.02. The molecule has 1 saturated heterocycles. The van der Waals surface area contributed by atoms with E-state index < -0.39 is 0 Å². The molecule has 160 valence electrons. The van der Waals surface area contributed by atoms with E-state index in [2.05, 4.69) is 10.6 Å². The molecule has 1 heterocycles. The fourth-order valence-electron chi connectivity index (χ4n) is 3.71. The highest BCUT2D eigenvalue weighted by molar-refractivity contribution is 6.04. The first-order valence-corrected chi connectivity index (χ1v) is 10.7. The van der Waals surface area contributed by atoms with E-state index in [0.29, 0.717) is 18.7 Å². The number of urea groups is 1. The molecule has 3 rings (SSSR count). The molecule has 2 aromatic rings. The molecule has 30 heavy (non-hydrogen) atoms. The summed E-state index contributed by atoms with van der Waals surface area (Å²) in [5.41, 5.74) is 2.43. The molecule has 1 fully saturated rings. The normalized spacial score (nSPS) is 16.3. The highest BCUT2D eigenvalue weighted by atomic mass is 16.5. The molecule has 0 aromatic heterocycles. The first-order chi connectivity index (χ1) is 14.5. The number of amides is 3. The van der Waals surface area contributed by atoms with E-state index in [9.17, 15) is 9.59 Å². The second kappa shape index (κ2) is 10.1. The SMILES string of the molecule is CCOc1ccc(NC(=O)c2cccc([C@@H]3CCCN(C(=O)NC(C)C)C3)c2)cc1. The lowest BCUT2D eigenvalue weighted by molar-refractivity contribution is 0.102. The van der Waals surface area contributed by atoms with E-state index in [4.69, 9.17) is 4.74 Å². The number of ether oxygens (including phenoxy) is 1. The molecule has 2 N–H and O–H groups in total. The molecule has 0 radical (unpaired) electrons. The van der Waals surface area contributed by atoms with Crippen LogP contribution in [0.15, 0.2) is 48.5 Å². The molecule has 6 nitrogen and oxygen atoms in total. The van der Waals surface area contributed by atoms with E-state index in [0.717, 1.165) is 36.4 Å². The Labute approximate surface area is 178 Å². The highest BCUT2D eigenvalue weighted by Gasteiger charge is 2.25. The van der Waals surface area contributed by atoms with E-state index in [1.165, 1.54) is 0 Å². The lowest BCUT2D eigenvalue weighted by Gasteiger charge is -2.33. The minimum atomic E-state index is -0.147. The van der Waals surface area contributed by atoms with Gasteiger partial charge in [0.1, 0.15) is 5.75 Å². The van der Waals surface area contributed by atoms with Gasteiger partial charge in [0.15, 0.2) is 0 Å². The predicted molar refractivity (Wildman–Crippen MR) is 119 cm³/mol. The lowest BCUT2D eigenvalue weighted by Crippen LogP contribution is -2.47. The van der Waals surface area contributed by atoms with Crippen LogP contribution in [0.5, 0.6) is 5.75 Å². The van der Waals surface area contributed by atoms with Crippen molar-refractivity contribution in [1.82, 2.24) is 10.2 Å². The van der Waals surface area contributed by atoms with E-state index in [-0.39, 0.29) is 23.9 Å². The number of nitrogens with one attached hydrogen (secondary N) is 2. The predicted octanol–water partition coefficient (Wildman–Crippen LogP) is 4.64. The van der Waals surface area contributed by atoms with Crippen molar-refractivity contribution in [3.8, 4) is 5.75 Å². The van der Waals surface area contributed by atoms with Gasteiger partial charge >= 0.3 is 6.03 Å². The number of carbonyl (C=O) groups is 2. The molecule has 1 aliphatic heterocycles. The Bertz CT molecular complexity index is 864. The summed E-state index contributed by atoms with van der Waals surface area (Å²) in [7, 11) is 0. The van der Waals surface area contributed by atoms with Gasteiger partial charge < -0.3 is 20.3 Å². The van der Waals surface area contributed by atoms with Crippen molar-refractivity contribution in [1.29, 1.82) is 0 Å². The maximum Gasteiger partial charge on any atom is 0.317 e. The minimum Gasteiger partial charge on any atom is -0.494 e. The summed E-state index contributed by atoms with van der Waals surface area (Å²) >= 11 is 0. The average molecular weight is 410 g/mol. The van der Waals surface area contributed by atoms with Gasteiger partial charge in [0, 0.05) is 36.3 Å². The Kier molecular flexibility index (Phi) is 7.33. The van der Waals surface area contributed by atoms with Gasteiger partial charge in [0.2, 0.25) is 0 Å². The number of anilines is 1. The van der Waals surface area contributed by atoms with Crippen molar-refractivity contribution in [3.05, 3.63) is 59.7 Å². The number of benzene rings is 2. The minimum absolute atomic E-state index is 0.0147. The second-order valence-electron chi connectivity index (χ2n) is 7.93. The summed E-state index contributed by atoms with van der Waals surface area (Å²) in [6.45, 7) is 7.91. The van der Waals surface area contributed by atoms with Gasteiger partial charge in [0.25, 0.3) is 5.91 Å². The van der Waals surface area contributed by atoms with Crippen LogP contribution >= 0.6 is 0 Å². The number of hydrogen-bond donors (Lipinski definition) is 2. The maximum atomic E-state index is 12.7. The van der Waals surface area contributed by atoms with Crippen LogP contribution < -0.4 is 15.4 Å². The highest BCUT2D eigenvalue weighted by Crippen LogP contribution is 2.28. The fourth-order valence-corrected chi connectivity index (χ4v) is 3.71. The van der Waals surface area contributed by atoms with Crippen molar-refractivity contribution in [2.45, 2.75) is 45.6 Å². The van der Waals surface area contributed by atoms with Crippen LogP contribution in [0.25, 0.3) is 0 Å². The van der Waals surface area contributed by atoms with E-state index in [1.807, 2.05) is 74.2 Å². The van der Waals surface area contributed by atoms with Gasteiger partial charge in [-0.25, -0.2) is 4.79 Å². The Morgan fingerprint density at radius 3 is 2.63 bits per heavy atom. The van der Waals surface area contributed by atoms with Crippen molar-refractivity contribution < 1.29 is 14.3 Å². The molecular weight excluding hydrogens is 378 g/mol. The second-order valence-corrected chi connectivity index (χ2v) is 7.93.